The summed E-state index contributed by atoms with van der Waals surface area (Å²) in [6.07, 6.45) is -2.62. The monoisotopic (exact) mass is 362 g/mol. The molecule has 8 heteroatoms. The maximum atomic E-state index is 10.6. The first-order valence-corrected chi connectivity index (χ1v) is 14.5. The molecule has 0 amide bonds. The number of aliphatic carboxylic acids is 1. The van der Waals surface area contributed by atoms with Gasteiger partial charge in [-0.25, -0.2) is 4.79 Å². The fraction of sp³-hybridized carbons (Fsp3) is 0.833. The number of rotatable bonds is 3. The molecule has 0 heterocycles. The molecule has 0 aromatic heterocycles. The van der Waals surface area contributed by atoms with Gasteiger partial charge in [0.25, 0.3) is 0 Å². The molecule has 0 aliphatic rings. The molecule has 0 bridgehead atoms. The quantitative estimate of drug-likeness (QED) is 0.784. The number of carbonyl (C=O) groups is 1. The molecule has 0 fully saturated rings. The van der Waals surface area contributed by atoms with Crippen molar-refractivity contribution in [3.63, 3.8) is 0 Å². The summed E-state index contributed by atoms with van der Waals surface area (Å²) < 4.78 is 32.9. The molecule has 0 saturated heterocycles. The number of carboxylic acid groups (broad SMARTS) is 1. The molecule has 0 aromatic carbocycles. The Kier molecular flexibility index (Phi) is 10.8. The van der Waals surface area contributed by atoms with Crippen LogP contribution in [-0.4, -0.2) is 34.8 Å². The molecule has 0 radical (unpaired) electrons. The van der Waals surface area contributed by atoms with Gasteiger partial charge in [0.05, 0.1) is 0 Å². The average molecular weight is 362 g/mol. The summed E-state index contributed by atoms with van der Waals surface area (Å²) in [6, 6.07) is 0. The fourth-order valence-electron chi connectivity index (χ4n) is 0.358. The van der Waals surface area contributed by atoms with Crippen LogP contribution in [0.15, 0.2) is 0 Å². The van der Waals surface area contributed by atoms with Crippen LogP contribution in [0, 0.1) is 0 Å². The largest absolute Gasteiger partial charge is 0.490 e. The Labute approximate surface area is 94.5 Å². The minimum absolute atomic E-state index is 1.14. The van der Waals surface area contributed by atoms with Crippen molar-refractivity contribution >= 4 is 41.3 Å². The molecule has 0 aliphatic heterocycles. The van der Waals surface area contributed by atoms with E-state index in [2.05, 4.69) is 6.92 Å². The standard InChI is InChI=1S/C4H9.C2HF3O2.2ClH.Sn.H/c1-3-4-2;3-2(4,5)1(6)7;;;;/h1,3-4H2,2H3;(H,6,7);2*1H;;/q;;;;+2;/p-2. The van der Waals surface area contributed by atoms with Crippen molar-refractivity contribution in [3.05, 3.63) is 0 Å². The zero-order chi connectivity index (χ0) is 11.8. The number of alkyl halides is 3. The maximum absolute atomic E-state index is 10.6. The van der Waals surface area contributed by atoms with Gasteiger partial charge in [0.1, 0.15) is 0 Å². The Morgan fingerprint density at radius 2 is 1.79 bits per heavy atom. The van der Waals surface area contributed by atoms with E-state index in [1.165, 1.54) is 12.8 Å². The van der Waals surface area contributed by atoms with Gasteiger partial charge in [0, 0.05) is 0 Å². The van der Waals surface area contributed by atoms with Crippen LogP contribution in [0.1, 0.15) is 19.8 Å². The Morgan fingerprint density at radius 3 is 1.86 bits per heavy atom. The van der Waals surface area contributed by atoms with E-state index in [-0.39, 0.29) is 0 Å². The summed E-state index contributed by atoms with van der Waals surface area (Å²) in [7, 11) is 11.3. The smallest absolute Gasteiger partial charge is 0.475 e. The minimum Gasteiger partial charge on any atom is -0.475 e. The van der Waals surface area contributed by atoms with E-state index in [1.807, 2.05) is 0 Å². The molecular formula is C6H11Cl2F3O2Sn. The van der Waals surface area contributed by atoms with Crippen molar-refractivity contribution in [2.24, 2.45) is 0 Å². The first kappa shape index (κ1) is 17.0. The molecule has 0 rings (SSSR count). The predicted octanol–water partition coefficient (Wildman–Crippen LogP) is 3.12. The number of carboxylic acids is 1. The van der Waals surface area contributed by atoms with Gasteiger partial charge in [0.15, 0.2) is 0 Å². The third kappa shape index (κ3) is 15.1. The molecule has 0 atom stereocenters. The van der Waals surface area contributed by atoms with Gasteiger partial charge in [-0.1, -0.05) is 0 Å². The van der Waals surface area contributed by atoms with Gasteiger partial charge >= 0.3 is 71.7 Å². The first-order chi connectivity index (χ1) is 6.21. The van der Waals surface area contributed by atoms with Crippen molar-refractivity contribution < 1.29 is 23.1 Å². The Balaban J connectivity index is 0. The molecule has 0 saturated carbocycles. The number of unbranched alkanes of at least 4 members (excludes halogenated alkanes) is 1. The zero-order valence-corrected chi connectivity index (χ0v) is 12.3. The SMILES string of the molecule is CCC[CH2][SnH]([Cl])[Cl].O=C(O)C(F)(F)F. The third-order valence-corrected chi connectivity index (χ3v) is 6.36. The summed E-state index contributed by atoms with van der Waals surface area (Å²) in [5.41, 5.74) is 0. The van der Waals surface area contributed by atoms with E-state index in [1.54, 1.807) is 0 Å². The Morgan fingerprint density at radius 1 is 1.43 bits per heavy atom. The van der Waals surface area contributed by atoms with Crippen LogP contribution >= 0.6 is 17.8 Å². The van der Waals surface area contributed by atoms with E-state index in [0.29, 0.717) is 0 Å². The Bertz CT molecular complexity index is 164. The minimum atomic E-state index is -5.08. The molecule has 0 aromatic rings. The van der Waals surface area contributed by atoms with Crippen LogP contribution < -0.4 is 0 Å². The van der Waals surface area contributed by atoms with Crippen LogP contribution in [0.2, 0.25) is 4.44 Å². The summed E-state index contributed by atoms with van der Waals surface area (Å²) in [4.78, 5) is 8.90. The van der Waals surface area contributed by atoms with Gasteiger partial charge < -0.3 is 5.11 Å². The molecule has 86 valence electrons. The molecule has 0 spiro atoms. The molecular weight excluding hydrogens is 351 g/mol. The molecule has 0 unspecified atom stereocenters. The van der Waals surface area contributed by atoms with E-state index in [4.69, 9.17) is 27.7 Å². The van der Waals surface area contributed by atoms with Crippen molar-refractivity contribution in [2.75, 3.05) is 0 Å². The average Bonchev–Trinajstić information content (AvgIpc) is 2.00. The van der Waals surface area contributed by atoms with Crippen LogP contribution in [-0.2, 0) is 4.79 Å². The Hall–Kier alpha value is 0.639. The van der Waals surface area contributed by atoms with Crippen LogP contribution in [0.4, 0.5) is 13.2 Å². The van der Waals surface area contributed by atoms with Crippen LogP contribution in [0.3, 0.4) is 0 Å². The van der Waals surface area contributed by atoms with E-state index in [0.717, 1.165) is 4.44 Å². The topological polar surface area (TPSA) is 37.3 Å². The summed E-state index contributed by atoms with van der Waals surface area (Å²) in [5.74, 6) is -2.76. The molecule has 0 aliphatic carbocycles. The zero-order valence-electron chi connectivity index (χ0n) is 7.44. The fourth-order valence-corrected chi connectivity index (χ4v) is 4.47. The van der Waals surface area contributed by atoms with Crippen LogP contribution in [0.5, 0.6) is 0 Å². The van der Waals surface area contributed by atoms with Gasteiger partial charge in [0.2, 0.25) is 0 Å². The normalized spacial score (nSPS) is 10.8. The maximum Gasteiger partial charge on any atom is 0.490 e. The van der Waals surface area contributed by atoms with Gasteiger partial charge in [-0.3, -0.25) is 0 Å². The van der Waals surface area contributed by atoms with E-state index >= 15 is 0 Å². The summed E-state index contributed by atoms with van der Waals surface area (Å²) in [6.45, 7) is 2.15. The number of hydrogen-bond donors (Lipinski definition) is 1. The first-order valence-electron chi connectivity index (χ1n) is 3.80. The number of hydrogen-bond acceptors (Lipinski definition) is 1. The summed E-state index contributed by atoms with van der Waals surface area (Å²) in [5, 5.41) is 7.12. The second kappa shape index (κ2) is 8.91. The van der Waals surface area contributed by atoms with Crippen molar-refractivity contribution in [1.29, 1.82) is 0 Å². The summed E-state index contributed by atoms with van der Waals surface area (Å²) >= 11 is -1.80. The molecule has 2 nitrogen and oxygen atoms in total. The van der Waals surface area contributed by atoms with Gasteiger partial charge in [-0.15, -0.1) is 0 Å². The predicted molar refractivity (Wildman–Crippen MR) is 52.3 cm³/mol. The van der Waals surface area contributed by atoms with E-state index in [9.17, 15) is 13.2 Å². The van der Waals surface area contributed by atoms with Gasteiger partial charge in [-0.2, -0.15) is 13.2 Å². The van der Waals surface area contributed by atoms with Crippen molar-refractivity contribution in [3.8, 4) is 0 Å². The second-order valence-electron chi connectivity index (χ2n) is 2.34. The second-order valence-corrected chi connectivity index (χ2v) is 14.8. The van der Waals surface area contributed by atoms with Gasteiger partial charge in [-0.05, 0) is 0 Å². The van der Waals surface area contributed by atoms with Crippen molar-refractivity contribution in [2.45, 2.75) is 30.4 Å². The van der Waals surface area contributed by atoms with Crippen molar-refractivity contribution in [1.82, 2.24) is 0 Å². The molecule has 1 N–H and O–H groups in total. The molecule has 14 heavy (non-hydrogen) atoms. The van der Waals surface area contributed by atoms with E-state index < -0.39 is 29.7 Å². The van der Waals surface area contributed by atoms with Crippen LogP contribution in [0.25, 0.3) is 0 Å². The third-order valence-electron chi connectivity index (χ3n) is 1.02. The number of halogens is 5.